The molecule has 3 heterocycles. The molecule has 1 amide bonds. The number of halogens is 4. The molecule has 29 heavy (non-hydrogen) atoms. The van der Waals surface area contributed by atoms with E-state index in [4.69, 9.17) is 11.6 Å². The first-order valence-corrected chi connectivity index (χ1v) is 8.66. The van der Waals surface area contributed by atoms with Crippen LogP contribution in [-0.2, 0) is 0 Å². The number of carbonyl (C=O) groups excluding carboxylic acids is 1. The maximum absolute atomic E-state index is 13.5. The van der Waals surface area contributed by atoms with Crippen molar-refractivity contribution in [3.8, 4) is 22.6 Å². The van der Waals surface area contributed by atoms with Crippen molar-refractivity contribution in [1.29, 1.82) is 0 Å². The van der Waals surface area contributed by atoms with Gasteiger partial charge in [0, 0.05) is 29.6 Å². The van der Waals surface area contributed by atoms with Gasteiger partial charge in [-0.15, -0.1) is 8.78 Å². The number of nitrogens with zero attached hydrogens (tertiary/aromatic N) is 3. The van der Waals surface area contributed by atoms with Crippen molar-refractivity contribution in [1.82, 2.24) is 14.8 Å². The Hall–Kier alpha value is -3.27. The number of nitrogens with one attached hydrogen (secondary N) is 1. The molecule has 1 atom stereocenters. The summed E-state index contributed by atoms with van der Waals surface area (Å²) >= 11 is 6.15. The average molecular weight is 425 g/mol. The number of carbonyl (C=O) groups is 1. The molecule has 1 unspecified atom stereocenters. The van der Waals surface area contributed by atoms with Crippen LogP contribution in [-0.4, -0.2) is 27.0 Å². The van der Waals surface area contributed by atoms with Crippen LogP contribution in [0.5, 0.6) is 11.5 Å². The molecule has 1 N–H and O–H groups in total. The third-order valence-electron chi connectivity index (χ3n) is 4.05. The second-order valence-corrected chi connectivity index (χ2v) is 6.47. The topological polar surface area (TPSA) is 78.3 Å². The number of alkyl halides is 3. The predicted molar refractivity (Wildman–Crippen MR) is 96.9 cm³/mol. The van der Waals surface area contributed by atoms with Gasteiger partial charge >= 0.3 is 6.29 Å². The largest absolute Gasteiger partial charge is 0.586 e. The van der Waals surface area contributed by atoms with E-state index in [0.29, 0.717) is 11.1 Å². The van der Waals surface area contributed by atoms with Crippen molar-refractivity contribution < 1.29 is 27.4 Å². The molecular weight excluding hydrogens is 413 g/mol. The van der Waals surface area contributed by atoms with Crippen LogP contribution in [0.1, 0.15) is 23.7 Å². The van der Waals surface area contributed by atoms with Crippen LogP contribution in [0, 0.1) is 0 Å². The summed E-state index contributed by atoms with van der Waals surface area (Å²) < 4.78 is 49.6. The minimum atomic E-state index is -3.75. The van der Waals surface area contributed by atoms with Crippen molar-refractivity contribution in [3.63, 3.8) is 0 Å². The molecule has 4 rings (SSSR count). The molecule has 7 nitrogen and oxygen atoms in total. The Bertz CT molecular complexity index is 1090. The SMILES string of the molecule is CC(F)n1nccc1C(=O)Nc1ccc(-c2cc3c(cc2Cl)OC(F)(F)O3)cn1. The lowest BCUT2D eigenvalue weighted by Gasteiger charge is -2.10. The maximum atomic E-state index is 13.5. The van der Waals surface area contributed by atoms with E-state index in [-0.39, 0.29) is 28.0 Å². The third kappa shape index (κ3) is 3.70. The Kier molecular flexibility index (Phi) is 4.58. The zero-order valence-electron chi connectivity index (χ0n) is 14.7. The molecule has 0 saturated heterocycles. The number of fused-ring (bicyclic) bond motifs is 1. The van der Waals surface area contributed by atoms with Gasteiger partial charge in [-0.1, -0.05) is 11.6 Å². The van der Waals surface area contributed by atoms with Gasteiger partial charge in [0.1, 0.15) is 11.5 Å². The van der Waals surface area contributed by atoms with E-state index in [2.05, 4.69) is 24.9 Å². The minimum absolute atomic E-state index is 0.0330. The van der Waals surface area contributed by atoms with Gasteiger partial charge in [0.25, 0.3) is 5.91 Å². The molecule has 0 radical (unpaired) electrons. The van der Waals surface area contributed by atoms with Gasteiger partial charge in [-0.3, -0.25) is 4.79 Å². The average Bonchev–Trinajstić information content (AvgIpc) is 3.25. The summed E-state index contributed by atoms with van der Waals surface area (Å²) in [7, 11) is 0. The summed E-state index contributed by atoms with van der Waals surface area (Å²) in [6, 6.07) is 6.99. The highest BCUT2D eigenvalue weighted by Crippen LogP contribution is 2.46. The fourth-order valence-corrected chi connectivity index (χ4v) is 3.04. The quantitative estimate of drug-likeness (QED) is 0.659. The lowest BCUT2D eigenvalue weighted by molar-refractivity contribution is -0.286. The Labute approximate surface area is 167 Å². The number of hydrogen-bond acceptors (Lipinski definition) is 5. The van der Waals surface area contributed by atoms with Crippen LogP contribution >= 0.6 is 11.6 Å². The highest BCUT2D eigenvalue weighted by atomic mass is 35.5. The molecular formula is C18H12ClF3N4O3. The summed E-state index contributed by atoms with van der Waals surface area (Å²) in [5.74, 6) is -0.711. The number of ether oxygens (including phenoxy) is 2. The van der Waals surface area contributed by atoms with E-state index in [1.165, 1.54) is 43.6 Å². The Balaban J connectivity index is 1.55. The first-order valence-electron chi connectivity index (χ1n) is 8.28. The molecule has 1 aliphatic rings. The molecule has 0 spiro atoms. The van der Waals surface area contributed by atoms with Crippen LogP contribution in [0.25, 0.3) is 11.1 Å². The highest BCUT2D eigenvalue weighted by molar-refractivity contribution is 6.33. The molecule has 0 aliphatic carbocycles. The molecule has 1 aliphatic heterocycles. The fourth-order valence-electron chi connectivity index (χ4n) is 2.78. The second kappa shape index (κ2) is 6.96. The molecule has 11 heteroatoms. The number of amides is 1. The number of anilines is 1. The van der Waals surface area contributed by atoms with Gasteiger partial charge < -0.3 is 14.8 Å². The third-order valence-corrected chi connectivity index (χ3v) is 4.36. The van der Waals surface area contributed by atoms with E-state index < -0.39 is 18.5 Å². The summed E-state index contributed by atoms with van der Waals surface area (Å²) in [5.41, 5.74) is 0.920. The van der Waals surface area contributed by atoms with Crippen LogP contribution in [0.4, 0.5) is 19.0 Å². The molecule has 0 saturated carbocycles. The Morgan fingerprint density at radius 3 is 2.62 bits per heavy atom. The van der Waals surface area contributed by atoms with Gasteiger partial charge in [0.15, 0.2) is 17.8 Å². The summed E-state index contributed by atoms with van der Waals surface area (Å²) in [6.45, 7) is 1.25. The van der Waals surface area contributed by atoms with Crippen LogP contribution in [0.15, 0.2) is 42.7 Å². The molecule has 150 valence electrons. The fraction of sp³-hybridized carbons (Fsp3) is 0.167. The second-order valence-electron chi connectivity index (χ2n) is 6.07. The van der Waals surface area contributed by atoms with Crippen molar-refractivity contribution in [3.05, 3.63) is 53.4 Å². The van der Waals surface area contributed by atoms with Crippen LogP contribution < -0.4 is 14.8 Å². The summed E-state index contributed by atoms with van der Waals surface area (Å²) in [6.07, 6.45) is -2.51. The number of benzene rings is 1. The number of rotatable bonds is 4. The van der Waals surface area contributed by atoms with Gasteiger partial charge in [0.05, 0.1) is 5.02 Å². The van der Waals surface area contributed by atoms with Crippen LogP contribution in [0.3, 0.4) is 0 Å². The lowest BCUT2D eigenvalue weighted by Crippen LogP contribution is -2.25. The van der Waals surface area contributed by atoms with E-state index >= 15 is 0 Å². The first kappa shape index (κ1) is 19.1. The zero-order chi connectivity index (χ0) is 20.8. The Morgan fingerprint density at radius 2 is 1.97 bits per heavy atom. The van der Waals surface area contributed by atoms with Crippen molar-refractivity contribution in [2.75, 3.05) is 5.32 Å². The summed E-state index contributed by atoms with van der Waals surface area (Å²) in [4.78, 5) is 16.4. The van der Waals surface area contributed by atoms with Crippen LogP contribution in [0.2, 0.25) is 5.02 Å². The molecule has 0 bridgehead atoms. The van der Waals surface area contributed by atoms with Crippen molar-refractivity contribution >= 4 is 23.3 Å². The number of pyridine rings is 1. The van der Waals surface area contributed by atoms with E-state index in [1.807, 2.05) is 0 Å². The molecule has 0 fully saturated rings. The smallest absolute Gasteiger partial charge is 0.395 e. The minimum Gasteiger partial charge on any atom is -0.395 e. The highest BCUT2D eigenvalue weighted by Gasteiger charge is 2.43. The molecule has 1 aromatic carbocycles. The molecule has 2 aromatic heterocycles. The van der Waals surface area contributed by atoms with Gasteiger partial charge in [-0.05, 0) is 31.2 Å². The van der Waals surface area contributed by atoms with Gasteiger partial charge in [-0.25, -0.2) is 14.1 Å². The summed E-state index contributed by atoms with van der Waals surface area (Å²) in [5, 5.41) is 6.44. The van der Waals surface area contributed by atoms with Crippen molar-refractivity contribution in [2.24, 2.45) is 0 Å². The monoisotopic (exact) mass is 424 g/mol. The van der Waals surface area contributed by atoms with Crippen molar-refractivity contribution in [2.45, 2.75) is 19.5 Å². The van der Waals surface area contributed by atoms with Gasteiger partial charge in [-0.2, -0.15) is 5.10 Å². The maximum Gasteiger partial charge on any atom is 0.586 e. The predicted octanol–water partition coefficient (Wildman–Crippen LogP) is 4.66. The van der Waals surface area contributed by atoms with E-state index in [1.54, 1.807) is 6.07 Å². The Morgan fingerprint density at radius 1 is 1.24 bits per heavy atom. The lowest BCUT2D eigenvalue weighted by atomic mass is 10.1. The molecule has 3 aromatic rings. The number of hydrogen-bond donors (Lipinski definition) is 1. The first-order chi connectivity index (χ1) is 13.7. The zero-order valence-corrected chi connectivity index (χ0v) is 15.5. The van der Waals surface area contributed by atoms with E-state index in [0.717, 1.165) is 4.68 Å². The van der Waals surface area contributed by atoms with E-state index in [9.17, 15) is 18.0 Å². The normalized spacial score (nSPS) is 15.2. The van der Waals surface area contributed by atoms with Gasteiger partial charge in [0.2, 0.25) is 0 Å². The number of aromatic nitrogens is 3. The standard InChI is InChI=1S/C18H12ClF3N4O3/c1-9(20)26-13(4-5-24-26)17(27)25-16-3-2-10(8-23-16)11-6-14-15(7-12(11)19)29-18(21,22)28-14/h2-9H,1H3,(H,23,25,27).